The lowest BCUT2D eigenvalue weighted by Crippen LogP contribution is -2.64. The molecular weight excluding hydrogens is 262 g/mol. The molecule has 2 unspecified atom stereocenters. The molecule has 0 spiro atoms. The van der Waals surface area contributed by atoms with Crippen LogP contribution in [0.1, 0.15) is 57.2 Å². The van der Waals surface area contributed by atoms with Crippen molar-refractivity contribution in [2.45, 2.75) is 64.3 Å². The SMILES string of the molecule is CC12CC3CC(C)(C1)CC(NCCc1cccs1)(C3)C2. The molecule has 5 rings (SSSR count). The fourth-order valence-electron chi connectivity index (χ4n) is 6.55. The van der Waals surface area contributed by atoms with Crippen LogP contribution in [0, 0.1) is 16.7 Å². The molecule has 4 aliphatic rings. The van der Waals surface area contributed by atoms with Gasteiger partial charge in [-0.3, -0.25) is 0 Å². The lowest BCUT2D eigenvalue weighted by molar-refractivity contribution is -0.117. The molecule has 2 heteroatoms. The van der Waals surface area contributed by atoms with Crippen LogP contribution in [0.25, 0.3) is 0 Å². The van der Waals surface area contributed by atoms with Crippen molar-refractivity contribution in [2.75, 3.05) is 6.54 Å². The average molecular weight is 289 g/mol. The molecule has 4 fully saturated rings. The minimum absolute atomic E-state index is 0.472. The summed E-state index contributed by atoms with van der Waals surface area (Å²) >= 11 is 1.90. The van der Waals surface area contributed by atoms with Crippen molar-refractivity contribution in [3.63, 3.8) is 0 Å². The highest BCUT2D eigenvalue weighted by molar-refractivity contribution is 7.09. The van der Waals surface area contributed by atoms with E-state index in [0.29, 0.717) is 16.4 Å². The summed E-state index contributed by atoms with van der Waals surface area (Å²) < 4.78 is 0. The van der Waals surface area contributed by atoms with Crippen molar-refractivity contribution in [1.82, 2.24) is 5.32 Å². The Morgan fingerprint density at radius 1 is 1.15 bits per heavy atom. The van der Waals surface area contributed by atoms with E-state index in [4.69, 9.17) is 0 Å². The van der Waals surface area contributed by atoms with Gasteiger partial charge in [-0.05, 0) is 73.1 Å². The summed E-state index contributed by atoms with van der Waals surface area (Å²) in [5, 5.41) is 6.22. The predicted octanol–water partition coefficient (Wildman–Crippen LogP) is 4.63. The Kier molecular flexibility index (Phi) is 2.89. The van der Waals surface area contributed by atoms with Crippen LogP contribution in [0.15, 0.2) is 17.5 Å². The van der Waals surface area contributed by atoms with Gasteiger partial charge in [0, 0.05) is 17.0 Å². The molecule has 0 saturated heterocycles. The van der Waals surface area contributed by atoms with E-state index in [0.717, 1.165) is 5.92 Å². The van der Waals surface area contributed by atoms with Crippen LogP contribution in [0.3, 0.4) is 0 Å². The maximum atomic E-state index is 4.02. The third-order valence-corrected chi connectivity index (χ3v) is 7.01. The topological polar surface area (TPSA) is 12.0 Å². The molecule has 2 atom stereocenters. The van der Waals surface area contributed by atoms with Crippen LogP contribution in [-0.4, -0.2) is 12.1 Å². The summed E-state index contributed by atoms with van der Waals surface area (Å²) in [5.74, 6) is 0.996. The second-order valence-corrected chi connectivity index (χ2v) is 9.70. The second kappa shape index (κ2) is 4.33. The molecule has 20 heavy (non-hydrogen) atoms. The van der Waals surface area contributed by atoms with Gasteiger partial charge < -0.3 is 5.32 Å². The number of nitrogens with one attached hydrogen (secondary N) is 1. The van der Waals surface area contributed by atoms with Gasteiger partial charge in [-0.2, -0.15) is 0 Å². The molecule has 0 aromatic carbocycles. The van der Waals surface area contributed by atoms with E-state index in [1.165, 1.54) is 56.4 Å². The first-order valence-electron chi connectivity index (χ1n) is 8.26. The van der Waals surface area contributed by atoms with Crippen molar-refractivity contribution in [3.8, 4) is 0 Å². The predicted molar refractivity (Wildman–Crippen MR) is 86.2 cm³/mol. The van der Waals surface area contributed by atoms with Gasteiger partial charge in [0.2, 0.25) is 0 Å². The van der Waals surface area contributed by atoms with Gasteiger partial charge in [-0.25, -0.2) is 0 Å². The monoisotopic (exact) mass is 289 g/mol. The molecule has 0 radical (unpaired) electrons. The Morgan fingerprint density at radius 2 is 1.90 bits per heavy atom. The summed E-state index contributed by atoms with van der Waals surface area (Å²) in [7, 11) is 0. The summed E-state index contributed by atoms with van der Waals surface area (Å²) in [4.78, 5) is 1.53. The number of rotatable bonds is 4. The number of thiophene rings is 1. The van der Waals surface area contributed by atoms with E-state index in [1.807, 2.05) is 11.3 Å². The Labute approximate surface area is 127 Å². The third-order valence-electron chi connectivity index (χ3n) is 6.08. The molecule has 4 aliphatic carbocycles. The molecule has 0 aliphatic heterocycles. The van der Waals surface area contributed by atoms with Crippen molar-refractivity contribution < 1.29 is 0 Å². The summed E-state index contributed by atoms with van der Waals surface area (Å²) in [5.41, 5.74) is 1.73. The first-order valence-corrected chi connectivity index (χ1v) is 9.14. The largest absolute Gasteiger partial charge is 0.311 e. The zero-order valence-electron chi connectivity index (χ0n) is 12.9. The lowest BCUT2D eigenvalue weighted by Gasteiger charge is -2.65. The van der Waals surface area contributed by atoms with Crippen LogP contribution in [0.5, 0.6) is 0 Å². The van der Waals surface area contributed by atoms with E-state index in [1.54, 1.807) is 0 Å². The van der Waals surface area contributed by atoms with E-state index >= 15 is 0 Å². The van der Waals surface area contributed by atoms with Crippen LogP contribution >= 0.6 is 11.3 Å². The van der Waals surface area contributed by atoms with Crippen molar-refractivity contribution in [1.29, 1.82) is 0 Å². The maximum Gasteiger partial charge on any atom is 0.0194 e. The summed E-state index contributed by atoms with van der Waals surface area (Å²) in [6.07, 6.45) is 9.98. The molecule has 0 amide bonds. The number of hydrogen-bond acceptors (Lipinski definition) is 2. The van der Waals surface area contributed by atoms with E-state index < -0.39 is 0 Å². The normalized spacial score (nSPS) is 46.0. The van der Waals surface area contributed by atoms with Crippen molar-refractivity contribution in [3.05, 3.63) is 22.4 Å². The van der Waals surface area contributed by atoms with Gasteiger partial charge >= 0.3 is 0 Å². The molecule has 4 bridgehead atoms. The lowest BCUT2D eigenvalue weighted by atomic mass is 9.43. The van der Waals surface area contributed by atoms with Gasteiger partial charge in [-0.1, -0.05) is 19.9 Å². The summed E-state index contributed by atoms with van der Waals surface area (Å²) in [6, 6.07) is 4.45. The zero-order valence-corrected chi connectivity index (χ0v) is 13.7. The minimum Gasteiger partial charge on any atom is -0.311 e. The Bertz CT molecular complexity index is 474. The fourth-order valence-corrected chi connectivity index (χ4v) is 7.26. The fraction of sp³-hybridized carbons (Fsp3) is 0.778. The zero-order chi connectivity index (χ0) is 13.8. The third kappa shape index (κ3) is 2.25. The highest BCUT2D eigenvalue weighted by atomic mass is 32.1. The molecule has 1 nitrogen and oxygen atoms in total. The van der Waals surface area contributed by atoms with Crippen molar-refractivity contribution in [2.24, 2.45) is 16.7 Å². The van der Waals surface area contributed by atoms with Crippen LogP contribution in [-0.2, 0) is 6.42 Å². The smallest absolute Gasteiger partial charge is 0.0194 e. The van der Waals surface area contributed by atoms with Gasteiger partial charge in [0.1, 0.15) is 0 Å². The molecule has 1 heterocycles. The first kappa shape index (κ1) is 13.3. The van der Waals surface area contributed by atoms with Gasteiger partial charge in [0.25, 0.3) is 0 Å². The van der Waals surface area contributed by atoms with Gasteiger partial charge in [0.15, 0.2) is 0 Å². The molecule has 110 valence electrons. The standard InChI is InChI=1S/C18H27NS/c1-16-8-14-9-17(2,11-16)13-18(10-14,12-16)19-6-5-15-4-3-7-20-15/h3-4,7,14,19H,5-6,8-13H2,1-2H3. The molecule has 4 saturated carbocycles. The molecular formula is C18H27NS. The molecule has 1 aromatic heterocycles. The number of hydrogen-bond donors (Lipinski definition) is 1. The Balaban J connectivity index is 1.47. The van der Waals surface area contributed by atoms with Gasteiger partial charge in [-0.15, -0.1) is 11.3 Å². The maximum absolute atomic E-state index is 4.02. The van der Waals surface area contributed by atoms with Crippen LogP contribution < -0.4 is 5.32 Å². The van der Waals surface area contributed by atoms with E-state index in [9.17, 15) is 0 Å². The Hall–Kier alpha value is -0.340. The average Bonchev–Trinajstić information content (AvgIpc) is 2.76. The second-order valence-electron chi connectivity index (χ2n) is 8.67. The molecule has 1 N–H and O–H groups in total. The highest BCUT2D eigenvalue weighted by Crippen LogP contribution is 2.66. The first-order chi connectivity index (χ1) is 9.49. The quantitative estimate of drug-likeness (QED) is 0.852. The minimum atomic E-state index is 0.472. The van der Waals surface area contributed by atoms with Crippen LogP contribution in [0.4, 0.5) is 0 Å². The Morgan fingerprint density at radius 3 is 2.50 bits per heavy atom. The van der Waals surface area contributed by atoms with Crippen LogP contribution in [0.2, 0.25) is 0 Å². The van der Waals surface area contributed by atoms with Crippen molar-refractivity contribution >= 4 is 11.3 Å². The molecule has 1 aromatic rings. The van der Waals surface area contributed by atoms with Gasteiger partial charge in [0.05, 0.1) is 0 Å². The van der Waals surface area contributed by atoms with E-state index in [2.05, 4.69) is 36.7 Å². The highest BCUT2D eigenvalue weighted by Gasteiger charge is 2.59. The summed E-state index contributed by atoms with van der Waals surface area (Å²) in [6.45, 7) is 6.29. The van der Waals surface area contributed by atoms with E-state index in [-0.39, 0.29) is 0 Å².